The summed E-state index contributed by atoms with van der Waals surface area (Å²) in [4.78, 5) is 26.2. The maximum Gasteiger partial charge on any atom is 0.350 e. The monoisotopic (exact) mass is 1040 g/mol. The Morgan fingerprint density at radius 2 is 0.972 bits per heavy atom. The summed E-state index contributed by atoms with van der Waals surface area (Å²) in [7, 11) is 16.9. The lowest BCUT2D eigenvalue weighted by atomic mass is 9.79. The van der Waals surface area contributed by atoms with Gasteiger partial charge in [0.15, 0.2) is 46.0 Å². The molecule has 0 spiro atoms. The van der Waals surface area contributed by atoms with Crippen LogP contribution in [-0.2, 0) is 44.7 Å². The lowest BCUT2D eigenvalue weighted by Gasteiger charge is -2.51. The normalized spacial score (nSPS) is 19.6. The van der Waals surface area contributed by atoms with Crippen molar-refractivity contribution in [2.45, 2.75) is 50.6 Å². The number of fused-ring (bicyclic) bond motifs is 6. The van der Waals surface area contributed by atoms with Crippen LogP contribution in [0, 0.1) is 0 Å². The van der Waals surface area contributed by atoms with E-state index in [-0.39, 0.29) is 55.1 Å². The molecule has 0 saturated heterocycles. The van der Waals surface area contributed by atoms with Crippen molar-refractivity contribution in [1.29, 1.82) is 0 Å². The van der Waals surface area contributed by atoms with E-state index < -0.39 is 11.9 Å². The van der Waals surface area contributed by atoms with Gasteiger partial charge in [-0.25, -0.2) is 9.59 Å². The fourth-order valence-corrected chi connectivity index (χ4v) is 10.9. The molecule has 0 N–H and O–H groups in total. The fraction of sp³-hybridized carbons (Fsp3) is 0.472. The number of rotatable bonds is 21. The number of ether oxygens (including phenoxy) is 11. The zero-order valence-corrected chi connectivity index (χ0v) is 44.6. The zero-order valence-electron chi connectivity index (χ0n) is 42.4. The minimum Gasteiger partial charge on any atom is -1.00 e. The Balaban J connectivity index is 0.00000469. The van der Waals surface area contributed by atoms with Crippen molar-refractivity contribution in [3.05, 3.63) is 98.6 Å². The van der Waals surface area contributed by atoms with E-state index >= 15 is 0 Å². The minimum absolute atomic E-state index is 0. The van der Waals surface area contributed by atoms with Crippen molar-refractivity contribution >= 4 is 23.5 Å². The van der Waals surface area contributed by atoms with Crippen LogP contribution < -0.4 is 67.4 Å². The number of likely N-dealkylation sites (N-methyl/N-ethyl adjacent to an activating group) is 1. The molecule has 0 amide bonds. The molecule has 0 unspecified atom stereocenters. The van der Waals surface area contributed by atoms with Gasteiger partial charge >= 0.3 is 11.9 Å². The van der Waals surface area contributed by atoms with Crippen LogP contribution in [0.25, 0.3) is 0 Å². The maximum atomic E-state index is 13.1. The third-order valence-electron chi connectivity index (χ3n) is 14.4. The Bertz CT molecular complexity index is 2460. The lowest BCUT2D eigenvalue weighted by molar-refractivity contribution is -0.955. The molecule has 0 bridgehead atoms. The number of carbonyl (C=O) groups excluding carboxylic acids is 2. The highest BCUT2D eigenvalue weighted by Crippen LogP contribution is 2.51. The molecule has 0 fully saturated rings. The Kier molecular flexibility index (Phi) is 19.7. The van der Waals surface area contributed by atoms with Gasteiger partial charge in [0.25, 0.3) is 0 Å². The van der Waals surface area contributed by atoms with Crippen molar-refractivity contribution < 1.29 is 95.5 Å². The Labute approximate surface area is 435 Å². The average Bonchev–Trinajstić information content (AvgIpc) is 3.37. The molecule has 18 heteroatoms. The van der Waals surface area contributed by atoms with Crippen LogP contribution in [0.5, 0.6) is 51.7 Å². The number of hydrogen-bond acceptors (Lipinski definition) is 13. The van der Waals surface area contributed by atoms with Crippen molar-refractivity contribution in [2.75, 3.05) is 117 Å². The van der Waals surface area contributed by atoms with Gasteiger partial charge in [-0.15, -0.1) is 0 Å². The van der Waals surface area contributed by atoms with E-state index in [2.05, 4.69) is 43.4 Å². The first-order valence-electron chi connectivity index (χ1n) is 23.3. The number of benzene rings is 4. The summed E-state index contributed by atoms with van der Waals surface area (Å²) in [5, 5.41) is -0.343. The van der Waals surface area contributed by atoms with Crippen LogP contribution >= 0.6 is 11.6 Å². The Morgan fingerprint density at radius 1 is 0.549 bits per heavy atom. The maximum absolute atomic E-state index is 13.1. The second kappa shape index (κ2) is 24.8. The standard InChI is InChI=1S/C53H67ClN2O13.2ClH/c1-55(18-13-34-26-42(59-2)45(62-5)29-37(34)41(55)23-33-24-48(65-8)52(67-10)49(25-33)66-9)16-11-22-69-53(58)40(54)32-50(57)68-21-12-17-56-19-14-35-27-43(60-3)46(63-6)30-38(35)51(56)39-31-47(64-7)44(61-4)28-36(39)15-20-56;;/h24-32,41,51H,11-23H2,1-10H3;2*1H/q+2;;/p-2/b40-32-;;/t41-,51?,55-,56?;;/m1../s1. The van der Waals surface area contributed by atoms with E-state index in [0.717, 1.165) is 67.1 Å². The van der Waals surface area contributed by atoms with Gasteiger partial charge in [-0.05, 0) is 70.8 Å². The number of hydrogen-bond donors (Lipinski definition) is 0. The average molecular weight is 1050 g/mol. The van der Waals surface area contributed by atoms with Gasteiger partial charge in [0.2, 0.25) is 5.75 Å². The molecular formula is C53H67Cl3N2O13. The second-order valence-corrected chi connectivity index (χ2v) is 18.4. The first-order valence-corrected chi connectivity index (χ1v) is 23.7. The van der Waals surface area contributed by atoms with E-state index in [4.69, 9.17) is 63.7 Å². The van der Waals surface area contributed by atoms with Crippen molar-refractivity contribution in [3.8, 4) is 51.7 Å². The quantitative estimate of drug-likeness (QED) is 0.0520. The third kappa shape index (κ3) is 11.8. The van der Waals surface area contributed by atoms with E-state index in [1.165, 1.54) is 27.8 Å². The molecule has 2 atom stereocenters. The number of carbonyl (C=O) groups is 2. The summed E-state index contributed by atoms with van der Waals surface area (Å²) in [5.74, 6) is 4.25. The molecule has 4 aromatic rings. The molecule has 0 aromatic heterocycles. The Morgan fingerprint density at radius 3 is 1.45 bits per heavy atom. The smallest absolute Gasteiger partial charge is 0.350 e. The van der Waals surface area contributed by atoms with E-state index in [1.807, 2.05) is 12.1 Å². The van der Waals surface area contributed by atoms with Crippen LogP contribution in [0.15, 0.2) is 59.6 Å². The molecule has 3 aliphatic heterocycles. The van der Waals surface area contributed by atoms with Crippen LogP contribution in [-0.4, -0.2) is 138 Å². The van der Waals surface area contributed by atoms with Gasteiger partial charge in [-0.1, -0.05) is 11.6 Å². The summed E-state index contributed by atoms with van der Waals surface area (Å²) in [6.45, 7) is 4.27. The first-order chi connectivity index (χ1) is 33.3. The van der Waals surface area contributed by atoms with Gasteiger partial charge in [-0.2, -0.15) is 0 Å². The van der Waals surface area contributed by atoms with Crippen molar-refractivity contribution in [1.82, 2.24) is 0 Å². The van der Waals surface area contributed by atoms with Crippen LogP contribution in [0.1, 0.15) is 63.9 Å². The van der Waals surface area contributed by atoms with Crippen LogP contribution in [0.4, 0.5) is 0 Å². The molecule has 388 valence electrons. The van der Waals surface area contributed by atoms with E-state index in [9.17, 15) is 9.59 Å². The highest BCUT2D eigenvalue weighted by atomic mass is 35.5. The molecule has 71 heavy (non-hydrogen) atoms. The highest BCUT2D eigenvalue weighted by molar-refractivity contribution is 6.42. The summed E-state index contributed by atoms with van der Waals surface area (Å²) >= 11 is 6.38. The first kappa shape index (κ1) is 56.5. The number of halogens is 3. The van der Waals surface area contributed by atoms with E-state index in [1.54, 1.807) is 64.0 Å². The summed E-state index contributed by atoms with van der Waals surface area (Å²) in [6, 6.07) is 16.4. The van der Waals surface area contributed by atoms with Crippen molar-refractivity contribution in [2.24, 2.45) is 0 Å². The molecule has 4 aromatic carbocycles. The van der Waals surface area contributed by atoms with Gasteiger partial charge in [0.05, 0.1) is 117 Å². The summed E-state index contributed by atoms with van der Waals surface area (Å²) in [5.41, 5.74) is 8.09. The number of methoxy groups -OCH3 is 9. The molecule has 15 nitrogen and oxygen atoms in total. The predicted octanol–water partition coefficient (Wildman–Crippen LogP) is 1.77. The van der Waals surface area contributed by atoms with E-state index in [0.29, 0.717) is 82.0 Å². The molecule has 7 rings (SSSR count). The minimum atomic E-state index is -0.787. The second-order valence-electron chi connectivity index (χ2n) is 17.9. The van der Waals surface area contributed by atoms with Crippen LogP contribution in [0.2, 0.25) is 0 Å². The number of quaternary nitrogens is 2. The third-order valence-corrected chi connectivity index (χ3v) is 14.6. The fourth-order valence-electron chi connectivity index (χ4n) is 10.8. The van der Waals surface area contributed by atoms with Gasteiger partial charge < -0.3 is 85.9 Å². The van der Waals surface area contributed by atoms with Gasteiger partial charge in [-0.3, -0.25) is 0 Å². The molecule has 0 aliphatic carbocycles. The Hall–Kier alpha value is -5.45. The van der Waals surface area contributed by atoms with Crippen LogP contribution in [0.3, 0.4) is 0 Å². The predicted molar refractivity (Wildman–Crippen MR) is 260 cm³/mol. The topological polar surface area (TPSA) is 136 Å². The number of esters is 2. The molecule has 3 aliphatic rings. The highest BCUT2D eigenvalue weighted by Gasteiger charge is 2.48. The van der Waals surface area contributed by atoms with Gasteiger partial charge in [0, 0.05) is 61.3 Å². The lowest BCUT2D eigenvalue weighted by Crippen LogP contribution is -3.00. The number of nitrogens with zero attached hydrogens (tertiary/aromatic N) is 2. The summed E-state index contributed by atoms with van der Waals surface area (Å²) in [6.07, 6.45) is 5.28. The molecule has 0 saturated carbocycles. The molecule has 0 radical (unpaired) electrons. The zero-order chi connectivity index (χ0) is 49.5. The van der Waals surface area contributed by atoms with Gasteiger partial charge in [0.1, 0.15) is 17.1 Å². The largest absolute Gasteiger partial charge is 1.00 e. The molecular weight excluding hydrogens is 979 g/mol. The van der Waals surface area contributed by atoms with Crippen molar-refractivity contribution in [3.63, 3.8) is 0 Å². The summed E-state index contributed by atoms with van der Waals surface area (Å²) < 4.78 is 64.0. The SMILES string of the molecule is COc1cc2c(cc1OC)C1c3cc(OC)c(OC)cc3CC[N+]1(CCCOC(=O)/C=C(\Cl)C(=O)OCCC[N@+]1(C)CCc3cc(OC)c(OC)cc3[C@H]1Cc1cc(OC)c(OC)c(OC)c1)CC2.[Cl-].[Cl-]. The molecule has 3 heterocycles.